The van der Waals surface area contributed by atoms with Gasteiger partial charge in [0.2, 0.25) is 0 Å². The van der Waals surface area contributed by atoms with Crippen LogP contribution in [-0.4, -0.2) is 40.8 Å². The minimum Gasteiger partial charge on any atom is -0.461 e. The Bertz CT molecular complexity index is 837. The Morgan fingerprint density at radius 1 is 1.30 bits per heavy atom. The second-order valence-electron chi connectivity index (χ2n) is 6.08. The van der Waals surface area contributed by atoms with E-state index in [1.807, 2.05) is 20.0 Å². The number of nitrogens with zero attached hydrogens (tertiary/aromatic N) is 2. The van der Waals surface area contributed by atoms with Crippen LogP contribution in [0, 0.1) is 0 Å². The highest BCUT2D eigenvalue weighted by atomic mass is 16.5. The third-order valence-corrected chi connectivity index (χ3v) is 3.99. The lowest BCUT2D eigenvalue weighted by Gasteiger charge is -2.24. The van der Waals surface area contributed by atoms with E-state index in [0.717, 1.165) is 41.6 Å². The van der Waals surface area contributed by atoms with Crippen LogP contribution in [0.25, 0.3) is 21.9 Å². The molecule has 3 aromatic rings. The van der Waals surface area contributed by atoms with E-state index in [-0.39, 0.29) is 12.2 Å². The zero-order valence-corrected chi connectivity index (χ0v) is 13.3. The lowest BCUT2D eigenvalue weighted by Crippen LogP contribution is -2.33. The molecule has 6 nitrogen and oxygen atoms in total. The topological polar surface area (TPSA) is 72.1 Å². The monoisotopic (exact) mass is 312 g/mol. The Kier molecular flexibility index (Phi) is 3.63. The molecule has 6 heteroatoms. The van der Waals surface area contributed by atoms with Crippen LogP contribution in [0.4, 0.5) is 0 Å². The van der Waals surface area contributed by atoms with Gasteiger partial charge in [-0.3, -0.25) is 0 Å². The second-order valence-corrected chi connectivity index (χ2v) is 6.08. The average Bonchev–Trinajstić information content (AvgIpc) is 2.92. The summed E-state index contributed by atoms with van der Waals surface area (Å²) in [6, 6.07) is 6.75. The predicted octanol–water partition coefficient (Wildman–Crippen LogP) is 2.56. The molecule has 120 valence electrons. The van der Waals surface area contributed by atoms with Crippen molar-refractivity contribution in [3.8, 4) is 6.01 Å². The zero-order valence-electron chi connectivity index (χ0n) is 13.3. The van der Waals surface area contributed by atoms with Gasteiger partial charge in [-0.15, -0.1) is 0 Å². The summed E-state index contributed by atoms with van der Waals surface area (Å²) in [5.41, 5.74) is 3.02. The van der Waals surface area contributed by atoms with E-state index in [1.54, 1.807) is 0 Å². The third kappa shape index (κ3) is 2.75. The highest BCUT2D eigenvalue weighted by Gasteiger charge is 2.17. The van der Waals surface area contributed by atoms with Gasteiger partial charge in [0.1, 0.15) is 5.65 Å². The van der Waals surface area contributed by atoms with Crippen molar-refractivity contribution >= 4 is 21.9 Å². The van der Waals surface area contributed by atoms with Gasteiger partial charge in [-0.1, -0.05) is 6.07 Å². The SMILES string of the molecule is CC(C)Oc1ncc2c(n1)[nH]c1ccc([C@H]3CNCCO3)cc12. The molecular weight excluding hydrogens is 292 g/mol. The Hall–Kier alpha value is -2.18. The van der Waals surface area contributed by atoms with E-state index in [2.05, 4.69) is 38.5 Å². The molecule has 0 spiro atoms. The normalized spacial score (nSPS) is 18.8. The van der Waals surface area contributed by atoms with Gasteiger partial charge in [-0.05, 0) is 31.5 Å². The van der Waals surface area contributed by atoms with Crippen LogP contribution in [0.2, 0.25) is 0 Å². The molecule has 0 radical (unpaired) electrons. The zero-order chi connectivity index (χ0) is 15.8. The largest absolute Gasteiger partial charge is 0.461 e. The van der Waals surface area contributed by atoms with E-state index < -0.39 is 0 Å². The van der Waals surface area contributed by atoms with Crippen molar-refractivity contribution < 1.29 is 9.47 Å². The van der Waals surface area contributed by atoms with Crippen LogP contribution in [0.1, 0.15) is 25.5 Å². The molecule has 0 amide bonds. The summed E-state index contributed by atoms with van der Waals surface area (Å²) in [5.74, 6) is 0. The standard InChI is InChI=1S/C17H20N4O2/c1-10(2)23-17-19-8-13-12-7-11(15-9-18-5-6-22-15)3-4-14(12)20-16(13)21-17/h3-4,7-8,10,15,18H,5-6,9H2,1-2H3,(H,19,20,21)/t15-/m1/s1. The van der Waals surface area contributed by atoms with Crippen molar-refractivity contribution in [2.24, 2.45) is 0 Å². The van der Waals surface area contributed by atoms with Crippen molar-refractivity contribution in [3.63, 3.8) is 0 Å². The first-order valence-corrected chi connectivity index (χ1v) is 7.98. The number of aromatic nitrogens is 3. The highest BCUT2D eigenvalue weighted by molar-refractivity contribution is 6.05. The number of ether oxygens (including phenoxy) is 2. The molecule has 2 aromatic heterocycles. The summed E-state index contributed by atoms with van der Waals surface area (Å²) in [5, 5.41) is 5.48. The molecule has 1 fully saturated rings. The number of hydrogen-bond donors (Lipinski definition) is 2. The summed E-state index contributed by atoms with van der Waals surface area (Å²) < 4.78 is 11.4. The summed E-state index contributed by atoms with van der Waals surface area (Å²) in [4.78, 5) is 12.1. The first kappa shape index (κ1) is 14.4. The fourth-order valence-corrected chi connectivity index (χ4v) is 2.93. The van der Waals surface area contributed by atoms with Crippen molar-refractivity contribution in [1.29, 1.82) is 0 Å². The summed E-state index contributed by atoms with van der Waals surface area (Å²) in [7, 11) is 0. The van der Waals surface area contributed by atoms with E-state index in [9.17, 15) is 0 Å². The lowest BCUT2D eigenvalue weighted by molar-refractivity contribution is 0.0278. The van der Waals surface area contributed by atoms with Gasteiger partial charge in [0.25, 0.3) is 0 Å². The fourth-order valence-electron chi connectivity index (χ4n) is 2.93. The number of benzene rings is 1. The quantitative estimate of drug-likeness (QED) is 0.777. The van der Waals surface area contributed by atoms with Crippen LogP contribution in [0.15, 0.2) is 24.4 Å². The lowest BCUT2D eigenvalue weighted by atomic mass is 10.1. The van der Waals surface area contributed by atoms with Gasteiger partial charge in [0.05, 0.1) is 18.8 Å². The molecule has 1 aromatic carbocycles. The predicted molar refractivity (Wildman–Crippen MR) is 88.7 cm³/mol. The summed E-state index contributed by atoms with van der Waals surface area (Å²) in [6.45, 7) is 6.43. The molecule has 0 bridgehead atoms. The molecule has 1 aliphatic heterocycles. The smallest absolute Gasteiger partial charge is 0.318 e. The number of H-pyrrole nitrogens is 1. The Morgan fingerprint density at radius 2 is 2.22 bits per heavy atom. The molecule has 0 saturated carbocycles. The van der Waals surface area contributed by atoms with Crippen molar-refractivity contribution in [1.82, 2.24) is 20.3 Å². The fraction of sp³-hybridized carbons (Fsp3) is 0.412. The van der Waals surface area contributed by atoms with E-state index >= 15 is 0 Å². The third-order valence-electron chi connectivity index (χ3n) is 3.99. The molecule has 23 heavy (non-hydrogen) atoms. The molecule has 3 heterocycles. The average molecular weight is 312 g/mol. The number of rotatable bonds is 3. The number of fused-ring (bicyclic) bond motifs is 3. The van der Waals surface area contributed by atoms with Crippen LogP contribution >= 0.6 is 0 Å². The molecule has 2 N–H and O–H groups in total. The maximum Gasteiger partial charge on any atom is 0.318 e. The van der Waals surface area contributed by atoms with Gasteiger partial charge in [0, 0.05) is 35.6 Å². The molecule has 0 aliphatic carbocycles. The van der Waals surface area contributed by atoms with E-state index in [1.165, 1.54) is 5.56 Å². The Labute approximate surface area is 134 Å². The van der Waals surface area contributed by atoms with Crippen LogP contribution in [0.3, 0.4) is 0 Å². The number of aromatic amines is 1. The minimum atomic E-state index is 0.0550. The first-order valence-electron chi connectivity index (χ1n) is 7.98. The first-order chi connectivity index (χ1) is 11.2. The molecular formula is C17H20N4O2. The van der Waals surface area contributed by atoms with Gasteiger partial charge in [-0.25, -0.2) is 4.98 Å². The van der Waals surface area contributed by atoms with E-state index in [0.29, 0.717) is 6.01 Å². The second kappa shape index (κ2) is 5.79. The summed E-state index contributed by atoms with van der Waals surface area (Å²) in [6.07, 6.45) is 1.98. The van der Waals surface area contributed by atoms with Crippen molar-refractivity contribution in [2.75, 3.05) is 19.7 Å². The van der Waals surface area contributed by atoms with Gasteiger partial charge in [-0.2, -0.15) is 4.98 Å². The molecule has 0 unspecified atom stereocenters. The Morgan fingerprint density at radius 3 is 3.00 bits per heavy atom. The maximum atomic E-state index is 5.84. The molecule has 4 rings (SSSR count). The molecule has 1 atom stereocenters. The Balaban J connectivity index is 1.76. The van der Waals surface area contributed by atoms with Crippen LogP contribution < -0.4 is 10.1 Å². The highest BCUT2D eigenvalue weighted by Crippen LogP contribution is 2.29. The molecule has 1 saturated heterocycles. The van der Waals surface area contributed by atoms with E-state index in [4.69, 9.17) is 9.47 Å². The van der Waals surface area contributed by atoms with Gasteiger partial charge < -0.3 is 19.8 Å². The summed E-state index contributed by atoms with van der Waals surface area (Å²) >= 11 is 0. The minimum absolute atomic E-state index is 0.0550. The van der Waals surface area contributed by atoms with Crippen molar-refractivity contribution in [2.45, 2.75) is 26.1 Å². The number of hydrogen-bond acceptors (Lipinski definition) is 5. The number of nitrogens with one attached hydrogen (secondary N) is 2. The van der Waals surface area contributed by atoms with Crippen LogP contribution in [-0.2, 0) is 4.74 Å². The van der Waals surface area contributed by atoms with Crippen LogP contribution in [0.5, 0.6) is 6.01 Å². The van der Waals surface area contributed by atoms with Gasteiger partial charge >= 0.3 is 6.01 Å². The maximum absolute atomic E-state index is 5.84. The van der Waals surface area contributed by atoms with Gasteiger partial charge in [0.15, 0.2) is 0 Å². The van der Waals surface area contributed by atoms with Crippen molar-refractivity contribution in [3.05, 3.63) is 30.0 Å². The molecule has 1 aliphatic rings. The number of morpholine rings is 1.